The molecule has 2 heterocycles. The average Bonchev–Trinajstić information content (AvgIpc) is 3.36. The summed E-state index contributed by atoms with van der Waals surface area (Å²) in [6.45, 7) is 3.90. The first-order valence-corrected chi connectivity index (χ1v) is 9.79. The number of likely N-dealkylation sites (tertiary alicyclic amines) is 1. The number of benzene rings is 2. The number of anilines is 1. The molecule has 0 spiro atoms. The van der Waals surface area contributed by atoms with Gasteiger partial charge < -0.3 is 14.8 Å². The van der Waals surface area contributed by atoms with E-state index >= 15 is 0 Å². The number of rotatable bonds is 5. The van der Waals surface area contributed by atoms with Crippen LogP contribution >= 0.6 is 0 Å². The van der Waals surface area contributed by atoms with Gasteiger partial charge in [-0.1, -0.05) is 19.1 Å². The molecule has 1 aromatic heterocycles. The van der Waals surface area contributed by atoms with Gasteiger partial charge in [-0.25, -0.2) is 4.98 Å². The molecule has 1 aliphatic heterocycles. The van der Waals surface area contributed by atoms with Gasteiger partial charge in [-0.05, 0) is 49.2 Å². The van der Waals surface area contributed by atoms with Crippen molar-refractivity contribution in [3.63, 3.8) is 0 Å². The number of nitrogens with one attached hydrogen (secondary N) is 1. The molecule has 2 amide bonds. The Labute approximate surface area is 164 Å². The maximum Gasteiger partial charge on any atom is 0.253 e. The van der Waals surface area contributed by atoms with Crippen LogP contribution in [-0.4, -0.2) is 39.4 Å². The topological polar surface area (TPSA) is 67.2 Å². The van der Waals surface area contributed by atoms with Crippen molar-refractivity contribution in [1.29, 1.82) is 0 Å². The van der Waals surface area contributed by atoms with Crippen molar-refractivity contribution < 1.29 is 9.59 Å². The minimum atomic E-state index is -0.114. The molecule has 0 saturated carbocycles. The smallest absolute Gasteiger partial charge is 0.253 e. The van der Waals surface area contributed by atoms with E-state index in [9.17, 15) is 9.59 Å². The molecule has 0 bridgehead atoms. The number of carbonyl (C=O) groups is 2. The van der Waals surface area contributed by atoms with Crippen LogP contribution in [0.25, 0.3) is 11.0 Å². The van der Waals surface area contributed by atoms with Crippen LogP contribution in [0.1, 0.15) is 35.9 Å². The number of imidazole rings is 1. The Bertz CT molecular complexity index is 1000. The van der Waals surface area contributed by atoms with E-state index < -0.39 is 0 Å². The highest BCUT2D eigenvalue weighted by Gasteiger charge is 2.19. The van der Waals surface area contributed by atoms with Crippen molar-refractivity contribution in [3.8, 4) is 0 Å². The Morgan fingerprint density at radius 3 is 2.46 bits per heavy atom. The summed E-state index contributed by atoms with van der Waals surface area (Å²) >= 11 is 0. The lowest BCUT2D eigenvalue weighted by molar-refractivity contribution is -0.116. The zero-order chi connectivity index (χ0) is 19.5. The van der Waals surface area contributed by atoms with E-state index in [1.165, 1.54) is 0 Å². The number of aryl methyl sites for hydroxylation is 1. The molecule has 4 rings (SSSR count). The van der Waals surface area contributed by atoms with Crippen LogP contribution in [-0.2, 0) is 17.8 Å². The summed E-state index contributed by atoms with van der Waals surface area (Å²) in [5.74, 6) is 0.840. The SMILES string of the molecule is CCc1nc2ccccc2n1CC(=O)Nc1ccc(C(=O)N2CCCC2)cc1. The first-order chi connectivity index (χ1) is 13.7. The molecule has 0 unspecified atom stereocenters. The van der Waals surface area contributed by atoms with E-state index in [0.29, 0.717) is 11.3 Å². The minimum absolute atomic E-state index is 0.0628. The second-order valence-electron chi connectivity index (χ2n) is 7.08. The number of nitrogens with zero attached hydrogens (tertiary/aromatic N) is 3. The fraction of sp³-hybridized carbons (Fsp3) is 0.318. The molecule has 0 radical (unpaired) electrons. The maximum atomic E-state index is 12.6. The molecule has 0 atom stereocenters. The van der Waals surface area contributed by atoms with Crippen LogP contribution < -0.4 is 5.32 Å². The highest BCUT2D eigenvalue weighted by molar-refractivity contribution is 5.96. The molecule has 1 fully saturated rings. The molecule has 6 heteroatoms. The summed E-state index contributed by atoms with van der Waals surface area (Å²) in [5, 5.41) is 2.92. The lowest BCUT2D eigenvalue weighted by atomic mass is 10.2. The summed E-state index contributed by atoms with van der Waals surface area (Å²) in [7, 11) is 0. The van der Waals surface area contributed by atoms with Crippen molar-refractivity contribution >= 4 is 28.5 Å². The Morgan fingerprint density at radius 1 is 1.04 bits per heavy atom. The number of aromatic nitrogens is 2. The van der Waals surface area contributed by atoms with Gasteiger partial charge in [-0.2, -0.15) is 0 Å². The summed E-state index contributed by atoms with van der Waals surface area (Å²) in [6.07, 6.45) is 2.90. The number of hydrogen-bond donors (Lipinski definition) is 1. The van der Waals surface area contributed by atoms with Crippen LogP contribution in [0, 0.1) is 0 Å². The number of para-hydroxylation sites is 2. The first-order valence-electron chi connectivity index (χ1n) is 9.79. The zero-order valence-electron chi connectivity index (χ0n) is 16.0. The Kier molecular flexibility index (Phi) is 5.10. The molecule has 1 N–H and O–H groups in total. The third kappa shape index (κ3) is 3.63. The van der Waals surface area contributed by atoms with E-state index in [1.807, 2.05) is 40.7 Å². The molecule has 28 heavy (non-hydrogen) atoms. The van der Waals surface area contributed by atoms with E-state index in [0.717, 1.165) is 49.2 Å². The minimum Gasteiger partial charge on any atom is -0.339 e. The zero-order valence-corrected chi connectivity index (χ0v) is 16.0. The maximum absolute atomic E-state index is 12.6. The number of carbonyl (C=O) groups excluding carboxylic acids is 2. The third-order valence-electron chi connectivity index (χ3n) is 5.16. The summed E-state index contributed by atoms with van der Waals surface area (Å²) < 4.78 is 1.95. The average molecular weight is 376 g/mol. The Hall–Kier alpha value is -3.15. The highest BCUT2D eigenvalue weighted by atomic mass is 16.2. The van der Waals surface area contributed by atoms with Crippen LogP contribution in [0.4, 0.5) is 5.69 Å². The molecule has 6 nitrogen and oxygen atoms in total. The Morgan fingerprint density at radius 2 is 1.75 bits per heavy atom. The van der Waals surface area contributed by atoms with Crippen LogP contribution in [0.3, 0.4) is 0 Å². The molecule has 2 aromatic carbocycles. The van der Waals surface area contributed by atoms with Crippen LogP contribution in [0.15, 0.2) is 48.5 Å². The fourth-order valence-corrected chi connectivity index (χ4v) is 3.71. The largest absolute Gasteiger partial charge is 0.339 e. The van der Waals surface area contributed by atoms with Gasteiger partial charge in [0.1, 0.15) is 12.4 Å². The highest BCUT2D eigenvalue weighted by Crippen LogP contribution is 2.18. The molecule has 1 aliphatic rings. The van der Waals surface area contributed by atoms with Gasteiger partial charge in [0.2, 0.25) is 5.91 Å². The van der Waals surface area contributed by atoms with Crippen molar-refractivity contribution in [2.75, 3.05) is 18.4 Å². The van der Waals surface area contributed by atoms with Crippen molar-refractivity contribution in [2.24, 2.45) is 0 Å². The van der Waals surface area contributed by atoms with Crippen molar-refractivity contribution in [2.45, 2.75) is 32.7 Å². The second-order valence-corrected chi connectivity index (χ2v) is 7.08. The lowest BCUT2D eigenvalue weighted by Crippen LogP contribution is -2.27. The molecular formula is C22H24N4O2. The van der Waals surface area contributed by atoms with Gasteiger partial charge in [0, 0.05) is 30.8 Å². The van der Waals surface area contributed by atoms with Gasteiger partial charge >= 0.3 is 0 Å². The quantitative estimate of drug-likeness (QED) is 0.741. The van der Waals surface area contributed by atoms with Gasteiger partial charge in [-0.3, -0.25) is 9.59 Å². The van der Waals surface area contributed by atoms with Crippen LogP contribution in [0.5, 0.6) is 0 Å². The normalized spacial score (nSPS) is 13.8. The van der Waals surface area contributed by atoms with Gasteiger partial charge in [-0.15, -0.1) is 0 Å². The third-order valence-corrected chi connectivity index (χ3v) is 5.16. The molecule has 1 saturated heterocycles. The van der Waals surface area contributed by atoms with E-state index in [-0.39, 0.29) is 18.4 Å². The summed E-state index contributed by atoms with van der Waals surface area (Å²) in [4.78, 5) is 31.5. The van der Waals surface area contributed by atoms with E-state index in [1.54, 1.807) is 24.3 Å². The number of hydrogen-bond acceptors (Lipinski definition) is 3. The first kappa shape index (κ1) is 18.2. The lowest BCUT2D eigenvalue weighted by Gasteiger charge is -2.15. The van der Waals surface area contributed by atoms with Gasteiger partial charge in [0.25, 0.3) is 5.91 Å². The predicted molar refractivity (Wildman–Crippen MR) is 109 cm³/mol. The predicted octanol–water partition coefficient (Wildman–Crippen LogP) is 3.47. The molecular weight excluding hydrogens is 352 g/mol. The van der Waals surface area contributed by atoms with Crippen LogP contribution in [0.2, 0.25) is 0 Å². The monoisotopic (exact) mass is 376 g/mol. The van der Waals surface area contributed by atoms with E-state index in [4.69, 9.17) is 0 Å². The van der Waals surface area contributed by atoms with Crippen molar-refractivity contribution in [3.05, 3.63) is 59.9 Å². The Balaban J connectivity index is 1.45. The number of fused-ring (bicyclic) bond motifs is 1. The van der Waals surface area contributed by atoms with E-state index in [2.05, 4.69) is 10.3 Å². The van der Waals surface area contributed by atoms with Gasteiger partial charge in [0.15, 0.2) is 0 Å². The summed E-state index contributed by atoms with van der Waals surface area (Å²) in [6, 6.07) is 15.0. The van der Waals surface area contributed by atoms with Crippen molar-refractivity contribution in [1.82, 2.24) is 14.5 Å². The number of amides is 2. The fourth-order valence-electron chi connectivity index (χ4n) is 3.71. The summed E-state index contributed by atoms with van der Waals surface area (Å²) in [5.41, 5.74) is 3.21. The second kappa shape index (κ2) is 7.84. The molecule has 3 aromatic rings. The molecule has 144 valence electrons. The van der Waals surface area contributed by atoms with Gasteiger partial charge in [0.05, 0.1) is 11.0 Å². The molecule has 0 aliphatic carbocycles. The standard InChI is InChI=1S/C22H24N4O2/c1-2-20-24-18-7-3-4-8-19(18)26(20)15-21(27)23-17-11-9-16(10-12-17)22(28)25-13-5-6-14-25/h3-4,7-12H,2,5-6,13-15H2,1H3,(H,23,27).